The molecule has 26 heavy (non-hydrogen) atoms. The number of aryl methyl sites for hydroxylation is 1. The molecule has 0 saturated heterocycles. The third-order valence-corrected chi connectivity index (χ3v) is 4.45. The zero-order chi connectivity index (χ0) is 18.5. The Labute approximate surface area is 159 Å². The third-order valence-electron chi connectivity index (χ3n) is 4.02. The first-order valence-electron chi connectivity index (χ1n) is 8.14. The van der Waals surface area contributed by atoms with E-state index in [2.05, 4.69) is 15.9 Å². The lowest BCUT2D eigenvalue weighted by Gasteiger charge is -2.29. The lowest BCUT2D eigenvalue weighted by atomic mass is 10.0. The molecular weight excluding hydrogens is 402 g/mol. The van der Waals surface area contributed by atoms with E-state index in [1.165, 1.54) is 12.2 Å². The second kappa shape index (κ2) is 8.23. The predicted molar refractivity (Wildman–Crippen MR) is 100 cm³/mol. The molecule has 0 spiro atoms. The van der Waals surface area contributed by atoms with Crippen LogP contribution in [0.2, 0.25) is 0 Å². The van der Waals surface area contributed by atoms with Crippen LogP contribution in [0, 0.1) is 0 Å². The van der Waals surface area contributed by atoms with Crippen LogP contribution in [0.3, 0.4) is 0 Å². The van der Waals surface area contributed by atoms with Gasteiger partial charge < -0.3 is 18.8 Å². The number of rotatable bonds is 5. The molecule has 2 heterocycles. The number of methoxy groups -OCH3 is 1. The Balaban J connectivity index is 1.59. The van der Waals surface area contributed by atoms with E-state index in [4.69, 9.17) is 13.9 Å². The van der Waals surface area contributed by atoms with Gasteiger partial charge in [0, 0.05) is 18.3 Å². The van der Waals surface area contributed by atoms with Crippen molar-refractivity contribution in [2.45, 2.75) is 12.8 Å². The van der Waals surface area contributed by atoms with Gasteiger partial charge in [-0.2, -0.15) is 0 Å². The van der Waals surface area contributed by atoms with E-state index in [9.17, 15) is 9.59 Å². The van der Waals surface area contributed by atoms with Gasteiger partial charge in [0.05, 0.1) is 7.11 Å². The highest BCUT2D eigenvalue weighted by molar-refractivity contribution is 9.10. The number of halogens is 1. The molecule has 136 valence electrons. The molecule has 0 aliphatic carbocycles. The summed E-state index contributed by atoms with van der Waals surface area (Å²) in [5.41, 5.74) is 1.90. The fourth-order valence-corrected chi connectivity index (χ4v) is 3.11. The monoisotopic (exact) mass is 419 g/mol. The van der Waals surface area contributed by atoms with Gasteiger partial charge in [-0.1, -0.05) is 0 Å². The Kier molecular flexibility index (Phi) is 5.78. The highest BCUT2D eigenvalue weighted by Gasteiger charge is 2.23. The van der Waals surface area contributed by atoms with E-state index in [1.807, 2.05) is 18.2 Å². The van der Waals surface area contributed by atoms with Crippen LogP contribution in [0.4, 0.5) is 5.69 Å². The number of fused-ring (bicyclic) bond motifs is 1. The van der Waals surface area contributed by atoms with Crippen molar-refractivity contribution in [1.29, 1.82) is 0 Å². The molecule has 0 unspecified atom stereocenters. The number of carbonyl (C=O) groups excluding carboxylic acids is 2. The minimum absolute atomic E-state index is 0.251. The number of benzene rings is 1. The molecule has 3 rings (SSSR count). The average Bonchev–Trinajstić information content (AvgIpc) is 3.08. The topological polar surface area (TPSA) is 69.0 Å². The van der Waals surface area contributed by atoms with Crippen LogP contribution < -0.4 is 9.64 Å². The third kappa shape index (κ3) is 4.35. The van der Waals surface area contributed by atoms with Gasteiger partial charge in [0.25, 0.3) is 5.91 Å². The Morgan fingerprint density at radius 2 is 2.15 bits per heavy atom. The maximum absolute atomic E-state index is 12.5. The van der Waals surface area contributed by atoms with Gasteiger partial charge in [0.1, 0.15) is 11.5 Å². The average molecular weight is 420 g/mol. The summed E-state index contributed by atoms with van der Waals surface area (Å²) in [5.74, 6) is 0.426. The lowest BCUT2D eigenvalue weighted by molar-refractivity contribution is -0.142. The summed E-state index contributed by atoms with van der Waals surface area (Å²) in [4.78, 5) is 25.9. The van der Waals surface area contributed by atoms with Gasteiger partial charge in [-0.15, -0.1) is 0 Å². The minimum atomic E-state index is -0.599. The highest BCUT2D eigenvalue weighted by atomic mass is 79.9. The van der Waals surface area contributed by atoms with Gasteiger partial charge in [-0.05, 0) is 70.7 Å². The number of anilines is 1. The summed E-state index contributed by atoms with van der Waals surface area (Å²) >= 11 is 3.18. The van der Waals surface area contributed by atoms with Gasteiger partial charge >= 0.3 is 5.97 Å². The van der Waals surface area contributed by atoms with Crippen LogP contribution >= 0.6 is 15.9 Å². The fourth-order valence-electron chi connectivity index (χ4n) is 2.79. The Morgan fingerprint density at radius 3 is 2.88 bits per heavy atom. The molecule has 1 aromatic carbocycles. The Bertz CT molecular complexity index is 842. The van der Waals surface area contributed by atoms with Crippen molar-refractivity contribution in [2.24, 2.45) is 0 Å². The molecular formula is C19H18BrNO5. The summed E-state index contributed by atoms with van der Waals surface area (Å²) in [6.45, 7) is 0.294. The van der Waals surface area contributed by atoms with Crippen molar-refractivity contribution in [3.8, 4) is 5.75 Å². The van der Waals surface area contributed by atoms with Crippen molar-refractivity contribution in [2.75, 3.05) is 25.2 Å². The summed E-state index contributed by atoms with van der Waals surface area (Å²) in [7, 11) is 1.61. The Morgan fingerprint density at radius 1 is 1.31 bits per heavy atom. The zero-order valence-electron chi connectivity index (χ0n) is 14.2. The smallest absolute Gasteiger partial charge is 0.331 e. The Hall–Kier alpha value is -2.54. The summed E-state index contributed by atoms with van der Waals surface area (Å²) in [6, 6.07) is 9.04. The highest BCUT2D eigenvalue weighted by Crippen LogP contribution is 2.30. The standard InChI is InChI=1S/C19H18BrNO5/c1-24-15-4-7-16-13(11-15)3-2-10-21(16)18(22)12-25-19(23)9-6-14-5-8-17(20)26-14/h4-9,11H,2-3,10,12H2,1H3. The molecule has 0 fully saturated rings. The SMILES string of the molecule is COc1ccc2c(c1)CCCN2C(=O)COC(=O)C=Cc1ccc(Br)o1. The maximum Gasteiger partial charge on any atom is 0.331 e. The molecule has 0 atom stereocenters. The van der Waals surface area contributed by atoms with E-state index in [0.29, 0.717) is 17.0 Å². The second-order valence-electron chi connectivity index (χ2n) is 5.73. The summed E-state index contributed by atoms with van der Waals surface area (Å²) < 4.78 is 16.1. The van der Waals surface area contributed by atoms with E-state index in [1.54, 1.807) is 24.1 Å². The first-order valence-corrected chi connectivity index (χ1v) is 8.93. The van der Waals surface area contributed by atoms with Gasteiger partial charge in [-0.3, -0.25) is 4.79 Å². The van der Waals surface area contributed by atoms with Gasteiger partial charge in [0.2, 0.25) is 0 Å². The van der Waals surface area contributed by atoms with Crippen LogP contribution in [0.5, 0.6) is 5.75 Å². The summed E-state index contributed by atoms with van der Waals surface area (Å²) in [6.07, 6.45) is 4.46. The van der Waals surface area contributed by atoms with E-state index < -0.39 is 5.97 Å². The fraction of sp³-hybridized carbons (Fsp3) is 0.263. The van der Waals surface area contributed by atoms with E-state index in [-0.39, 0.29) is 12.5 Å². The van der Waals surface area contributed by atoms with Crippen LogP contribution in [0.1, 0.15) is 17.7 Å². The molecule has 6 nitrogen and oxygen atoms in total. The van der Waals surface area contributed by atoms with Crippen molar-refractivity contribution in [3.63, 3.8) is 0 Å². The van der Waals surface area contributed by atoms with Crippen LogP contribution in [0.15, 0.2) is 45.5 Å². The van der Waals surface area contributed by atoms with Gasteiger partial charge in [-0.25, -0.2) is 4.79 Å². The molecule has 0 radical (unpaired) electrons. The summed E-state index contributed by atoms with van der Waals surface area (Å²) in [5, 5.41) is 0. The largest absolute Gasteiger partial charge is 0.497 e. The van der Waals surface area contributed by atoms with Crippen LogP contribution in [-0.4, -0.2) is 32.1 Å². The predicted octanol–water partition coefficient (Wildman–Crippen LogP) is 3.59. The molecule has 0 bridgehead atoms. The number of hydrogen-bond donors (Lipinski definition) is 0. The molecule has 7 heteroatoms. The number of furan rings is 1. The second-order valence-corrected chi connectivity index (χ2v) is 6.51. The molecule has 1 amide bonds. The molecule has 1 aliphatic rings. The quantitative estimate of drug-likeness (QED) is 0.547. The number of hydrogen-bond acceptors (Lipinski definition) is 5. The number of nitrogens with zero attached hydrogens (tertiary/aromatic N) is 1. The van der Waals surface area contributed by atoms with Crippen molar-refractivity contribution >= 4 is 39.6 Å². The first-order chi connectivity index (χ1) is 12.6. The number of carbonyl (C=O) groups is 2. The lowest BCUT2D eigenvalue weighted by Crippen LogP contribution is -2.38. The molecule has 1 aliphatic heterocycles. The van der Waals surface area contributed by atoms with Crippen molar-refractivity contribution in [1.82, 2.24) is 0 Å². The molecule has 0 saturated carbocycles. The zero-order valence-corrected chi connectivity index (χ0v) is 15.8. The van der Waals surface area contributed by atoms with Crippen LogP contribution in [-0.2, 0) is 20.7 Å². The number of amides is 1. The van der Waals surface area contributed by atoms with E-state index in [0.717, 1.165) is 29.8 Å². The van der Waals surface area contributed by atoms with Crippen molar-refractivity contribution < 1.29 is 23.5 Å². The molecule has 2 aromatic rings. The normalized spacial score (nSPS) is 13.5. The maximum atomic E-state index is 12.5. The molecule has 1 aromatic heterocycles. The number of ether oxygens (including phenoxy) is 2. The van der Waals surface area contributed by atoms with Gasteiger partial charge in [0.15, 0.2) is 11.3 Å². The first kappa shape index (κ1) is 18.3. The molecule has 0 N–H and O–H groups in total. The van der Waals surface area contributed by atoms with Crippen molar-refractivity contribution in [3.05, 3.63) is 52.4 Å². The minimum Gasteiger partial charge on any atom is -0.497 e. The number of esters is 1. The van der Waals surface area contributed by atoms with E-state index >= 15 is 0 Å². The van der Waals surface area contributed by atoms with Crippen LogP contribution in [0.25, 0.3) is 6.08 Å².